The van der Waals surface area contributed by atoms with Gasteiger partial charge in [0.05, 0.1) is 39.5 Å². The minimum atomic E-state index is -1.02. The molecule has 4 rings (SSSR count). The van der Waals surface area contributed by atoms with Gasteiger partial charge in [0.15, 0.2) is 5.75 Å². The van der Waals surface area contributed by atoms with E-state index in [-0.39, 0.29) is 23.8 Å². The maximum Gasteiger partial charge on any atom is 0.319 e. The van der Waals surface area contributed by atoms with Gasteiger partial charge in [0.2, 0.25) is 5.75 Å². The van der Waals surface area contributed by atoms with Crippen LogP contribution in [0.1, 0.15) is 0 Å². The van der Waals surface area contributed by atoms with Crippen LogP contribution < -0.4 is 10.1 Å². The molecule has 0 radical (unpaired) electrons. The van der Waals surface area contributed by atoms with Crippen LogP contribution in [-0.2, 0) is 9.37 Å². The number of hydrogen-bond acceptors (Lipinski definition) is 15. The minimum absolute atomic E-state index is 0.0507. The van der Waals surface area contributed by atoms with E-state index in [2.05, 4.69) is 24.9 Å². The molecular formula is C24H19N5O11S. The van der Waals surface area contributed by atoms with Gasteiger partial charge in [0.25, 0.3) is 5.69 Å². The Morgan fingerprint density at radius 2 is 1.63 bits per heavy atom. The Labute approximate surface area is 233 Å². The van der Waals surface area contributed by atoms with Crippen LogP contribution in [0, 0.1) is 20.2 Å². The first-order valence-electron chi connectivity index (χ1n) is 11.3. The van der Waals surface area contributed by atoms with Gasteiger partial charge in [-0.3, -0.25) is 20.2 Å². The Kier molecular flexibility index (Phi) is 9.07. The normalized spacial score (nSPS) is 11.2. The Hall–Kier alpha value is -5.07. The van der Waals surface area contributed by atoms with Gasteiger partial charge >= 0.3 is 5.69 Å². The van der Waals surface area contributed by atoms with Crippen LogP contribution in [-0.4, -0.2) is 43.6 Å². The molecule has 0 amide bonds. The number of hydrogen-bond donors (Lipinski definition) is 5. The number of aliphatic hydroxyl groups is 1. The number of anilines is 2. The number of aliphatic hydroxyl groups excluding tert-OH is 1. The first-order chi connectivity index (χ1) is 19.7. The van der Waals surface area contributed by atoms with Crippen molar-refractivity contribution < 1.29 is 44.5 Å². The molecule has 0 saturated heterocycles. The standard InChI is InChI=1S/C24H19N5O11S/c30-7-8-38-17-4-1-14(2-5-17)25-15-3-6-18-13(9-15)10-21(41-40-39-37)22(23(18)31)27-26-19-11-16(28(33)34)12-20(24(19)32)29(35)36/h1-6,9-12,25,30-32,37H,7-8H2. The van der Waals surface area contributed by atoms with Gasteiger partial charge in [-0.05, 0) is 53.9 Å². The molecule has 4 aromatic rings. The van der Waals surface area contributed by atoms with Crippen molar-refractivity contribution in [2.24, 2.45) is 10.2 Å². The van der Waals surface area contributed by atoms with E-state index in [1.165, 1.54) is 6.07 Å². The molecule has 0 saturated carbocycles. The molecule has 0 unspecified atom stereocenters. The van der Waals surface area contributed by atoms with Crippen molar-refractivity contribution in [3.63, 3.8) is 0 Å². The van der Waals surface area contributed by atoms with E-state index in [1.807, 2.05) is 0 Å². The van der Waals surface area contributed by atoms with Gasteiger partial charge in [-0.1, -0.05) is 5.04 Å². The van der Waals surface area contributed by atoms with E-state index in [4.69, 9.17) is 15.1 Å². The largest absolute Gasteiger partial charge is 0.505 e. The quantitative estimate of drug-likeness (QED) is 0.0421. The van der Waals surface area contributed by atoms with E-state index >= 15 is 0 Å². The average molecular weight is 586 g/mol. The van der Waals surface area contributed by atoms with E-state index in [9.17, 15) is 30.4 Å². The molecule has 0 aliphatic carbocycles. The number of phenols is 2. The highest BCUT2D eigenvalue weighted by atomic mass is 32.2. The highest BCUT2D eigenvalue weighted by Crippen LogP contribution is 2.46. The molecule has 0 aromatic heterocycles. The zero-order valence-corrected chi connectivity index (χ0v) is 21.3. The van der Waals surface area contributed by atoms with Crippen molar-refractivity contribution >= 4 is 56.9 Å². The lowest BCUT2D eigenvalue weighted by molar-refractivity contribution is -0.432. The molecule has 0 bridgehead atoms. The van der Waals surface area contributed by atoms with E-state index in [0.29, 0.717) is 46.0 Å². The number of nitro groups is 2. The molecule has 212 valence electrons. The van der Waals surface area contributed by atoms with Crippen molar-refractivity contribution in [2.75, 3.05) is 18.5 Å². The van der Waals surface area contributed by atoms with Crippen LogP contribution in [0.25, 0.3) is 10.8 Å². The van der Waals surface area contributed by atoms with Crippen LogP contribution in [0.4, 0.5) is 34.1 Å². The number of azo groups is 1. The second-order valence-electron chi connectivity index (χ2n) is 8.00. The Morgan fingerprint density at radius 3 is 2.29 bits per heavy atom. The predicted octanol–water partition coefficient (Wildman–Crippen LogP) is 6.03. The molecule has 41 heavy (non-hydrogen) atoms. The number of nitro benzene ring substituents is 2. The number of benzene rings is 4. The van der Waals surface area contributed by atoms with Crippen molar-refractivity contribution in [3.8, 4) is 17.2 Å². The first kappa shape index (κ1) is 28.9. The summed E-state index contributed by atoms with van der Waals surface area (Å²) in [6.45, 7) is 0.0583. The van der Waals surface area contributed by atoms with Crippen molar-refractivity contribution in [1.29, 1.82) is 0 Å². The lowest BCUT2D eigenvalue weighted by Crippen LogP contribution is -2.01. The number of nitrogens with zero attached hydrogens (tertiary/aromatic N) is 4. The minimum Gasteiger partial charge on any atom is -0.505 e. The lowest BCUT2D eigenvalue weighted by atomic mass is 10.1. The van der Waals surface area contributed by atoms with E-state index in [0.717, 1.165) is 6.07 Å². The molecular weight excluding hydrogens is 566 g/mol. The molecule has 0 aliphatic heterocycles. The Balaban J connectivity index is 1.71. The molecule has 5 N–H and O–H groups in total. The number of non-ortho nitro benzene ring substituents is 1. The Morgan fingerprint density at radius 1 is 0.902 bits per heavy atom. The summed E-state index contributed by atoms with van der Waals surface area (Å²) in [5, 5.41) is 76.3. The van der Waals surface area contributed by atoms with Crippen molar-refractivity contribution in [2.45, 2.75) is 4.90 Å². The van der Waals surface area contributed by atoms with Gasteiger partial charge < -0.3 is 25.4 Å². The monoisotopic (exact) mass is 585 g/mol. The Bertz CT molecular complexity index is 1630. The highest BCUT2D eigenvalue weighted by molar-refractivity contribution is 7.94. The van der Waals surface area contributed by atoms with Gasteiger partial charge in [-0.15, -0.1) is 14.6 Å². The van der Waals surface area contributed by atoms with Crippen LogP contribution in [0.15, 0.2) is 75.8 Å². The number of rotatable bonds is 12. The van der Waals surface area contributed by atoms with Gasteiger partial charge in [-0.25, -0.2) is 5.26 Å². The third-order valence-corrected chi connectivity index (χ3v) is 6.05. The summed E-state index contributed by atoms with van der Waals surface area (Å²) in [5.74, 6) is -0.820. The maximum atomic E-state index is 11.2. The fraction of sp³-hybridized carbons (Fsp3) is 0.0833. The number of fused-ring (bicyclic) bond motifs is 1. The van der Waals surface area contributed by atoms with Crippen molar-refractivity contribution in [3.05, 3.63) is 80.9 Å². The third kappa shape index (κ3) is 6.75. The fourth-order valence-electron chi connectivity index (χ4n) is 3.62. The van der Waals surface area contributed by atoms with Crippen LogP contribution in [0.3, 0.4) is 0 Å². The molecule has 0 heterocycles. The van der Waals surface area contributed by atoms with Crippen molar-refractivity contribution in [1.82, 2.24) is 0 Å². The molecule has 4 aromatic carbocycles. The second-order valence-corrected chi connectivity index (χ2v) is 8.74. The summed E-state index contributed by atoms with van der Waals surface area (Å²) >= 11 is 0.432. The molecule has 16 nitrogen and oxygen atoms in total. The lowest BCUT2D eigenvalue weighted by Gasteiger charge is -2.12. The smallest absolute Gasteiger partial charge is 0.319 e. The van der Waals surface area contributed by atoms with E-state index < -0.39 is 38.4 Å². The molecule has 0 atom stereocenters. The van der Waals surface area contributed by atoms with Crippen LogP contribution >= 0.6 is 12.0 Å². The number of ether oxygens (including phenoxy) is 1. The van der Waals surface area contributed by atoms with Crippen LogP contribution in [0.5, 0.6) is 17.2 Å². The predicted molar refractivity (Wildman–Crippen MR) is 144 cm³/mol. The first-order valence-corrected chi connectivity index (χ1v) is 12.1. The molecule has 0 aliphatic rings. The summed E-state index contributed by atoms with van der Waals surface area (Å²) in [6.07, 6.45) is 0. The summed E-state index contributed by atoms with van der Waals surface area (Å²) in [6, 6.07) is 14.7. The van der Waals surface area contributed by atoms with Gasteiger partial charge in [0, 0.05) is 22.8 Å². The summed E-state index contributed by atoms with van der Waals surface area (Å²) in [5.41, 5.74) is -1.20. The zero-order chi connectivity index (χ0) is 29.5. The molecule has 0 spiro atoms. The highest BCUT2D eigenvalue weighted by Gasteiger charge is 2.24. The number of aromatic hydroxyl groups is 2. The van der Waals surface area contributed by atoms with E-state index in [1.54, 1.807) is 42.5 Å². The summed E-state index contributed by atoms with van der Waals surface area (Å²) < 4.78 is 9.83. The number of phenolic OH excluding ortho intramolecular Hbond substituents is 2. The fourth-order valence-corrected chi connectivity index (χ4v) is 4.12. The molecule has 0 fully saturated rings. The maximum absolute atomic E-state index is 11.2. The van der Waals surface area contributed by atoms with Gasteiger partial charge in [-0.2, -0.15) is 0 Å². The van der Waals surface area contributed by atoms with Crippen LogP contribution in [0.2, 0.25) is 0 Å². The SMILES string of the molecule is O=[N+]([O-])c1cc(N=Nc2c(SOOO)cc3cc(Nc4ccc(OCCO)cc4)ccc3c2O)c(O)c([N+](=O)[O-])c1. The zero-order valence-electron chi connectivity index (χ0n) is 20.5. The molecule has 17 heteroatoms. The van der Waals surface area contributed by atoms with Gasteiger partial charge in [0.1, 0.15) is 23.7 Å². The number of nitrogens with one attached hydrogen (secondary N) is 1. The topological polar surface area (TPSA) is 232 Å². The summed E-state index contributed by atoms with van der Waals surface area (Å²) in [4.78, 5) is 20.5. The summed E-state index contributed by atoms with van der Waals surface area (Å²) in [7, 11) is 0. The average Bonchev–Trinajstić information content (AvgIpc) is 2.95. The third-order valence-electron chi connectivity index (χ3n) is 5.43. The second kappa shape index (κ2) is 12.9.